The second-order valence-corrected chi connectivity index (χ2v) is 5.49. The van der Waals surface area contributed by atoms with Gasteiger partial charge in [-0.05, 0) is 25.7 Å². The minimum absolute atomic E-state index is 0.0358. The molecular weight excluding hydrogens is 262 g/mol. The standard InChI is InChI=1S/C13H21N3O4/c1-15-7-5-10(12(15)19)14-13(20)16-6-3-2-4-9(16)8-11(17)18/h9-10H,2-8H2,1H3,(H,14,20)(H,17,18). The molecule has 2 saturated heterocycles. The van der Waals surface area contributed by atoms with E-state index in [0.29, 0.717) is 25.9 Å². The van der Waals surface area contributed by atoms with Crippen LogP contribution in [0.15, 0.2) is 0 Å². The van der Waals surface area contributed by atoms with E-state index in [1.807, 2.05) is 0 Å². The van der Waals surface area contributed by atoms with Gasteiger partial charge in [0.2, 0.25) is 5.91 Å². The summed E-state index contributed by atoms with van der Waals surface area (Å²) in [6.45, 7) is 1.20. The van der Waals surface area contributed by atoms with E-state index in [2.05, 4.69) is 5.32 Å². The zero-order chi connectivity index (χ0) is 14.7. The number of carboxylic acids is 1. The Hall–Kier alpha value is -1.79. The highest BCUT2D eigenvalue weighted by Gasteiger charge is 2.34. The van der Waals surface area contributed by atoms with Crippen molar-refractivity contribution in [1.82, 2.24) is 15.1 Å². The van der Waals surface area contributed by atoms with Crippen LogP contribution in [0.3, 0.4) is 0 Å². The number of urea groups is 1. The molecule has 0 bridgehead atoms. The average Bonchev–Trinajstić information content (AvgIpc) is 2.70. The molecule has 2 aliphatic rings. The molecule has 20 heavy (non-hydrogen) atoms. The highest BCUT2D eigenvalue weighted by atomic mass is 16.4. The lowest BCUT2D eigenvalue weighted by Crippen LogP contribution is -2.53. The molecule has 2 N–H and O–H groups in total. The molecule has 112 valence electrons. The Kier molecular flexibility index (Phi) is 4.46. The number of carboxylic acid groups (broad SMARTS) is 1. The molecule has 0 aliphatic carbocycles. The lowest BCUT2D eigenvalue weighted by atomic mass is 10.00. The van der Waals surface area contributed by atoms with Crippen LogP contribution in [0.1, 0.15) is 32.1 Å². The van der Waals surface area contributed by atoms with Gasteiger partial charge >= 0.3 is 12.0 Å². The van der Waals surface area contributed by atoms with Gasteiger partial charge < -0.3 is 20.2 Å². The number of rotatable bonds is 3. The van der Waals surface area contributed by atoms with Gasteiger partial charge in [0.25, 0.3) is 0 Å². The number of hydrogen-bond acceptors (Lipinski definition) is 3. The molecule has 0 saturated carbocycles. The fraction of sp³-hybridized carbons (Fsp3) is 0.769. The average molecular weight is 283 g/mol. The number of amides is 3. The van der Waals surface area contributed by atoms with Crippen molar-refractivity contribution in [3.05, 3.63) is 0 Å². The third-order valence-electron chi connectivity index (χ3n) is 4.02. The Balaban J connectivity index is 1.95. The Morgan fingerprint density at radius 3 is 2.65 bits per heavy atom. The largest absolute Gasteiger partial charge is 0.481 e. The van der Waals surface area contributed by atoms with Crippen LogP contribution in [0.5, 0.6) is 0 Å². The predicted molar refractivity (Wildman–Crippen MR) is 71.2 cm³/mol. The summed E-state index contributed by atoms with van der Waals surface area (Å²) in [5, 5.41) is 11.6. The smallest absolute Gasteiger partial charge is 0.318 e. The summed E-state index contributed by atoms with van der Waals surface area (Å²) in [5.74, 6) is -0.975. The molecular formula is C13H21N3O4. The van der Waals surface area contributed by atoms with Gasteiger partial charge in [0, 0.05) is 26.2 Å². The fourth-order valence-electron chi connectivity index (χ4n) is 2.87. The number of carbonyl (C=O) groups is 3. The minimum Gasteiger partial charge on any atom is -0.481 e. The summed E-state index contributed by atoms with van der Waals surface area (Å²) in [4.78, 5) is 38.1. The van der Waals surface area contributed by atoms with Crippen molar-refractivity contribution in [3.63, 3.8) is 0 Å². The summed E-state index contributed by atoms with van der Waals surface area (Å²) >= 11 is 0. The normalized spacial score (nSPS) is 26.8. The van der Waals surface area contributed by atoms with Crippen molar-refractivity contribution in [2.45, 2.75) is 44.2 Å². The van der Waals surface area contributed by atoms with Crippen LogP contribution in [0, 0.1) is 0 Å². The van der Waals surface area contributed by atoms with E-state index >= 15 is 0 Å². The third kappa shape index (κ3) is 3.20. The van der Waals surface area contributed by atoms with Crippen LogP contribution in [0.25, 0.3) is 0 Å². The number of carbonyl (C=O) groups excluding carboxylic acids is 2. The number of nitrogens with one attached hydrogen (secondary N) is 1. The molecule has 2 unspecified atom stereocenters. The maximum absolute atomic E-state index is 12.2. The summed E-state index contributed by atoms with van der Waals surface area (Å²) in [5.41, 5.74) is 0. The highest BCUT2D eigenvalue weighted by Crippen LogP contribution is 2.20. The molecule has 0 radical (unpaired) electrons. The maximum atomic E-state index is 12.2. The molecule has 2 aliphatic heterocycles. The van der Waals surface area contributed by atoms with Crippen molar-refractivity contribution in [2.75, 3.05) is 20.1 Å². The van der Waals surface area contributed by atoms with Gasteiger partial charge in [0.05, 0.1) is 6.42 Å². The maximum Gasteiger partial charge on any atom is 0.318 e. The molecule has 3 amide bonds. The molecule has 0 spiro atoms. The first kappa shape index (κ1) is 14.6. The third-order valence-corrected chi connectivity index (χ3v) is 4.02. The highest BCUT2D eigenvalue weighted by molar-refractivity contribution is 5.88. The number of aliphatic carboxylic acids is 1. The number of likely N-dealkylation sites (tertiary alicyclic amines) is 2. The lowest BCUT2D eigenvalue weighted by molar-refractivity contribution is -0.138. The second kappa shape index (κ2) is 6.11. The number of piperidine rings is 1. The molecule has 0 aromatic carbocycles. The number of nitrogens with zero attached hydrogens (tertiary/aromatic N) is 2. The summed E-state index contributed by atoms with van der Waals surface area (Å²) in [7, 11) is 1.71. The van der Waals surface area contributed by atoms with Crippen LogP contribution in [-0.4, -0.2) is 65.0 Å². The first-order valence-corrected chi connectivity index (χ1v) is 7.03. The topological polar surface area (TPSA) is 90.0 Å². The van der Waals surface area contributed by atoms with E-state index in [1.54, 1.807) is 16.8 Å². The quantitative estimate of drug-likeness (QED) is 0.777. The van der Waals surface area contributed by atoms with Gasteiger partial charge in [-0.1, -0.05) is 0 Å². The van der Waals surface area contributed by atoms with Crippen LogP contribution in [0.4, 0.5) is 4.79 Å². The van der Waals surface area contributed by atoms with Crippen molar-refractivity contribution in [1.29, 1.82) is 0 Å². The van der Waals surface area contributed by atoms with E-state index in [0.717, 1.165) is 12.8 Å². The van der Waals surface area contributed by atoms with Crippen molar-refractivity contribution in [3.8, 4) is 0 Å². The van der Waals surface area contributed by atoms with E-state index in [-0.39, 0.29) is 24.4 Å². The molecule has 2 atom stereocenters. The van der Waals surface area contributed by atoms with E-state index < -0.39 is 12.0 Å². The number of hydrogen-bond donors (Lipinski definition) is 2. The van der Waals surface area contributed by atoms with Crippen molar-refractivity contribution >= 4 is 17.9 Å². The first-order chi connectivity index (χ1) is 9.49. The Bertz CT molecular complexity index is 412. The zero-order valence-corrected chi connectivity index (χ0v) is 11.7. The lowest BCUT2D eigenvalue weighted by Gasteiger charge is -2.35. The van der Waals surface area contributed by atoms with Crippen molar-refractivity contribution < 1.29 is 19.5 Å². The summed E-state index contributed by atoms with van der Waals surface area (Å²) in [6, 6.07) is -1.06. The Labute approximate surface area is 117 Å². The number of likely N-dealkylation sites (N-methyl/N-ethyl adjacent to an activating group) is 1. The van der Waals surface area contributed by atoms with Crippen LogP contribution in [-0.2, 0) is 9.59 Å². The van der Waals surface area contributed by atoms with Gasteiger partial charge in [-0.15, -0.1) is 0 Å². The minimum atomic E-state index is -0.897. The predicted octanol–water partition coefficient (Wildman–Crippen LogP) is 0.256. The van der Waals surface area contributed by atoms with E-state index in [9.17, 15) is 14.4 Å². The van der Waals surface area contributed by atoms with Crippen LogP contribution >= 0.6 is 0 Å². The second-order valence-electron chi connectivity index (χ2n) is 5.49. The monoisotopic (exact) mass is 283 g/mol. The molecule has 0 aromatic heterocycles. The zero-order valence-electron chi connectivity index (χ0n) is 11.7. The Morgan fingerprint density at radius 2 is 2.05 bits per heavy atom. The molecule has 0 aromatic rings. The molecule has 2 rings (SSSR count). The van der Waals surface area contributed by atoms with E-state index in [1.165, 1.54) is 0 Å². The van der Waals surface area contributed by atoms with Crippen LogP contribution < -0.4 is 5.32 Å². The molecule has 7 nitrogen and oxygen atoms in total. The fourth-order valence-corrected chi connectivity index (χ4v) is 2.87. The van der Waals surface area contributed by atoms with Gasteiger partial charge in [-0.25, -0.2) is 4.79 Å². The molecule has 2 fully saturated rings. The van der Waals surface area contributed by atoms with Gasteiger partial charge in [0.15, 0.2) is 0 Å². The van der Waals surface area contributed by atoms with Gasteiger partial charge in [-0.3, -0.25) is 9.59 Å². The van der Waals surface area contributed by atoms with Gasteiger partial charge in [0.1, 0.15) is 6.04 Å². The first-order valence-electron chi connectivity index (χ1n) is 7.03. The summed E-state index contributed by atoms with van der Waals surface area (Å²) < 4.78 is 0. The Morgan fingerprint density at radius 1 is 1.30 bits per heavy atom. The molecule has 2 heterocycles. The van der Waals surface area contributed by atoms with E-state index in [4.69, 9.17) is 5.11 Å². The summed E-state index contributed by atoms with van der Waals surface area (Å²) in [6.07, 6.45) is 3.09. The van der Waals surface area contributed by atoms with Crippen LogP contribution in [0.2, 0.25) is 0 Å². The molecule has 7 heteroatoms. The van der Waals surface area contributed by atoms with Crippen molar-refractivity contribution in [2.24, 2.45) is 0 Å². The van der Waals surface area contributed by atoms with Gasteiger partial charge in [-0.2, -0.15) is 0 Å². The SMILES string of the molecule is CN1CCC(NC(=O)N2CCCCC2CC(=O)O)C1=O.